The van der Waals surface area contributed by atoms with Crippen LogP contribution >= 0.6 is 45.8 Å². The molecule has 1 N–H and O–H groups in total. The number of rotatable bonds is 4. The van der Waals surface area contributed by atoms with Gasteiger partial charge in [0.1, 0.15) is 17.0 Å². The molecule has 0 fully saturated rings. The summed E-state index contributed by atoms with van der Waals surface area (Å²) >= 11 is 15.2. The first-order valence-corrected chi connectivity index (χ1v) is 15.1. The SMILES string of the molecule is Cc1ccc2c(c1)oc(=O)c1c(-c3cn(-c4ccccc4)nc3-c3ccccc3)cc(-c3c(O)c(I)cc(Cl)c3Cl)nc12. The lowest BCUT2D eigenvalue weighted by atomic mass is 9.96. The third-order valence-corrected chi connectivity index (χ3v) is 8.90. The number of fused-ring (bicyclic) bond motifs is 3. The standard InChI is InChI=1S/C34H20Cl2IN3O3/c1-18-12-13-21-27(14-18)43-34(42)28-22(15-26(38-32(21)28)29-30(36)24(35)16-25(37)33(29)41)23-17-40(20-10-6-3-7-11-20)39-31(23)19-8-4-2-5-9-19/h2-17,41H,1H3. The number of hydrogen-bond donors (Lipinski definition) is 1. The number of aromatic nitrogens is 3. The van der Waals surface area contributed by atoms with E-state index in [9.17, 15) is 9.90 Å². The predicted octanol–water partition coefficient (Wildman–Crippen LogP) is 9.45. The Morgan fingerprint density at radius 1 is 0.907 bits per heavy atom. The molecule has 0 unspecified atom stereocenters. The Labute approximate surface area is 269 Å². The van der Waals surface area contributed by atoms with Crippen LogP contribution in [0.5, 0.6) is 5.75 Å². The molecule has 0 aliphatic heterocycles. The van der Waals surface area contributed by atoms with Gasteiger partial charge in [-0.1, -0.05) is 77.8 Å². The molecule has 3 aromatic heterocycles. The van der Waals surface area contributed by atoms with Gasteiger partial charge in [-0.2, -0.15) is 5.10 Å². The maximum atomic E-state index is 13.8. The number of halogens is 3. The summed E-state index contributed by atoms with van der Waals surface area (Å²) in [6.07, 6.45) is 1.89. The van der Waals surface area contributed by atoms with Gasteiger partial charge in [-0.3, -0.25) is 0 Å². The van der Waals surface area contributed by atoms with Gasteiger partial charge >= 0.3 is 5.63 Å². The Balaban J connectivity index is 1.65. The zero-order valence-corrected chi connectivity index (χ0v) is 26.1. The van der Waals surface area contributed by atoms with Gasteiger partial charge in [0, 0.05) is 28.3 Å². The lowest BCUT2D eigenvalue weighted by Crippen LogP contribution is -2.05. The molecular formula is C34H20Cl2IN3O3. The molecule has 0 spiro atoms. The van der Waals surface area contributed by atoms with Gasteiger partial charge in [-0.25, -0.2) is 14.5 Å². The first-order chi connectivity index (χ1) is 20.8. The first kappa shape index (κ1) is 27.6. The summed E-state index contributed by atoms with van der Waals surface area (Å²) in [5.41, 5.74) is 5.41. The van der Waals surface area contributed by atoms with Crippen molar-refractivity contribution in [1.29, 1.82) is 0 Å². The fourth-order valence-corrected chi connectivity index (χ4v) is 6.47. The van der Waals surface area contributed by atoms with Crippen LogP contribution in [0.4, 0.5) is 0 Å². The molecule has 0 radical (unpaired) electrons. The Morgan fingerprint density at radius 3 is 2.37 bits per heavy atom. The maximum absolute atomic E-state index is 13.8. The number of pyridine rings is 1. The number of phenolic OH excluding ortho intramolecular Hbond substituents is 1. The zero-order chi connectivity index (χ0) is 29.8. The van der Waals surface area contributed by atoms with Gasteiger partial charge in [-0.05, 0) is 71.5 Å². The normalized spacial score (nSPS) is 11.4. The molecular weight excluding hydrogens is 696 g/mol. The van der Waals surface area contributed by atoms with Crippen LogP contribution in [0.25, 0.3) is 61.2 Å². The van der Waals surface area contributed by atoms with E-state index >= 15 is 0 Å². The van der Waals surface area contributed by atoms with Crippen molar-refractivity contribution in [3.8, 4) is 45.1 Å². The number of para-hydroxylation sites is 1. The molecule has 0 atom stereocenters. The summed E-state index contributed by atoms with van der Waals surface area (Å²) in [6, 6.07) is 28.4. The Hall–Kier alpha value is -4.18. The van der Waals surface area contributed by atoms with E-state index in [1.807, 2.05) is 109 Å². The second kappa shape index (κ2) is 10.8. The Bertz CT molecular complexity index is 2240. The fraction of sp³-hybridized carbons (Fsp3) is 0.0294. The summed E-state index contributed by atoms with van der Waals surface area (Å²) in [5.74, 6) is -0.0563. The molecule has 0 saturated carbocycles. The molecule has 4 aromatic carbocycles. The minimum absolute atomic E-state index is 0.0563. The maximum Gasteiger partial charge on any atom is 0.346 e. The van der Waals surface area contributed by atoms with Crippen molar-refractivity contribution < 1.29 is 9.52 Å². The van der Waals surface area contributed by atoms with Crippen LogP contribution in [0.2, 0.25) is 10.0 Å². The third-order valence-electron chi connectivity index (χ3n) is 7.29. The minimum atomic E-state index is -0.537. The molecule has 43 heavy (non-hydrogen) atoms. The van der Waals surface area contributed by atoms with Crippen LogP contribution in [-0.4, -0.2) is 19.9 Å². The largest absolute Gasteiger partial charge is 0.506 e. The van der Waals surface area contributed by atoms with Crippen molar-refractivity contribution in [3.05, 3.63) is 127 Å². The van der Waals surface area contributed by atoms with Gasteiger partial charge in [0.2, 0.25) is 0 Å². The van der Waals surface area contributed by atoms with E-state index in [1.165, 1.54) is 0 Å². The van der Waals surface area contributed by atoms with Gasteiger partial charge in [0.15, 0.2) is 0 Å². The predicted molar refractivity (Wildman–Crippen MR) is 180 cm³/mol. The monoisotopic (exact) mass is 715 g/mol. The van der Waals surface area contributed by atoms with Gasteiger partial charge in [0.25, 0.3) is 0 Å². The fourth-order valence-electron chi connectivity index (χ4n) is 5.26. The summed E-state index contributed by atoms with van der Waals surface area (Å²) < 4.78 is 8.16. The number of aryl methyl sites for hydroxylation is 1. The first-order valence-electron chi connectivity index (χ1n) is 13.3. The molecule has 0 aliphatic carbocycles. The Morgan fingerprint density at radius 2 is 1.63 bits per heavy atom. The summed E-state index contributed by atoms with van der Waals surface area (Å²) in [7, 11) is 0. The van der Waals surface area contributed by atoms with Gasteiger partial charge < -0.3 is 9.52 Å². The molecule has 210 valence electrons. The van der Waals surface area contributed by atoms with Crippen LogP contribution < -0.4 is 5.63 Å². The second-order valence-corrected chi connectivity index (χ2v) is 12.0. The molecule has 6 nitrogen and oxygen atoms in total. The van der Waals surface area contributed by atoms with E-state index in [4.69, 9.17) is 37.7 Å². The van der Waals surface area contributed by atoms with E-state index in [1.54, 1.807) is 22.9 Å². The molecule has 7 aromatic rings. The molecule has 9 heteroatoms. The van der Waals surface area contributed by atoms with Crippen molar-refractivity contribution in [2.75, 3.05) is 0 Å². The van der Waals surface area contributed by atoms with Crippen molar-refractivity contribution in [2.45, 2.75) is 6.92 Å². The van der Waals surface area contributed by atoms with E-state index in [-0.39, 0.29) is 26.7 Å². The molecule has 0 amide bonds. The number of hydrogen-bond acceptors (Lipinski definition) is 5. The van der Waals surface area contributed by atoms with Crippen LogP contribution in [0.15, 0.2) is 106 Å². The van der Waals surface area contributed by atoms with Crippen LogP contribution in [-0.2, 0) is 0 Å². The highest BCUT2D eigenvalue weighted by atomic mass is 127. The van der Waals surface area contributed by atoms with E-state index in [0.29, 0.717) is 42.6 Å². The lowest BCUT2D eigenvalue weighted by molar-refractivity contribution is 0.473. The van der Waals surface area contributed by atoms with Gasteiger partial charge in [-0.15, -0.1) is 0 Å². The van der Waals surface area contributed by atoms with Gasteiger partial charge in [0.05, 0.1) is 41.5 Å². The number of benzene rings is 4. The summed E-state index contributed by atoms with van der Waals surface area (Å²) in [6.45, 7) is 1.93. The highest BCUT2D eigenvalue weighted by Crippen LogP contribution is 2.45. The molecule has 7 rings (SSSR count). The zero-order valence-electron chi connectivity index (χ0n) is 22.5. The summed E-state index contributed by atoms with van der Waals surface area (Å²) in [5, 5.41) is 17.5. The smallest absolute Gasteiger partial charge is 0.346 e. The van der Waals surface area contributed by atoms with Crippen LogP contribution in [0.1, 0.15) is 5.56 Å². The van der Waals surface area contributed by atoms with Crippen LogP contribution in [0.3, 0.4) is 0 Å². The van der Waals surface area contributed by atoms with E-state index in [2.05, 4.69) is 0 Å². The average molecular weight is 716 g/mol. The summed E-state index contributed by atoms with van der Waals surface area (Å²) in [4.78, 5) is 18.7. The number of phenols is 1. The van der Waals surface area contributed by atoms with E-state index < -0.39 is 5.63 Å². The molecule has 0 bridgehead atoms. The van der Waals surface area contributed by atoms with Crippen molar-refractivity contribution in [3.63, 3.8) is 0 Å². The van der Waals surface area contributed by atoms with Crippen molar-refractivity contribution >= 4 is 67.7 Å². The minimum Gasteiger partial charge on any atom is -0.506 e. The third kappa shape index (κ3) is 4.77. The van der Waals surface area contributed by atoms with E-state index in [0.717, 1.165) is 16.8 Å². The highest BCUT2D eigenvalue weighted by molar-refractivity contribution is 14.1. The van der Waals surface area contributed by atoms with Crippen molar-refractivity contribution in [1.82, 2.24) is 14.8 Å². The average Bonchev–Trinajstić information content (AvgIpc) is 3.46. The second-order valence-electron chi connectivity index (χ2n) is 10.1. The number of aromatic hydroxyl groups is 1. The highest BCUT2D eigenvalue weighted by Gasteiger charge is 2.25. The van der Waals surface area contributed by atoms with Crippen molar-refractivity contribution in [2.24, 2.45) is 0 Å². The quantitative estimate of drug-likeness (QED) is 0.0850. The number of nitrogens with zero attached hydrogens (tertiary/aromatic N) is 3. The topological polar surface area (TPSA) is 81.2 Å². The van der Waals surface area contributed by atoms with Crippen LogP contribution in [0, 0.1) is 10.5 Å². The molecule has 0 saturated heterocycles. The Kier molecular flexibility index (Phi) is 6.96. The molecule has 3 heterocycles. The lowest BCUT2D eigenvalue weighted by Gasteiger charge is -2.14. The molecule has 0 aliphatic rings.